The summed E-state index contributed by atoms with van der Waals surface area (Å²) in [5.41, 5.74) is 4.68. The van der Waals surface area contributed by atoms with Crippen LogP contribution in [0.15, 0.2) is 48.8 Å². The average Bonchev–Trinajstić information content (AvgIpc) is 3.20. The van der Waals surface area contributed by atoms with E-state index in [4.69, 9.17) is 7.80 Å². The number of carbonyl (C=O) groups excluding carboxylic acids is 1. The van der Waals surface area contributed by atoms with Gasteiger partial charge in [0.15, 0.2) is 0 Å². The molecule has 2 aliphatic heterocycles. The van der Waals surface area contributed by atoms with Crippen LogP contribution < -0.4 is 42.3 Å². The SMILES string of the molecule is COc1c(F)cccc1Nc1c2[nH]c3c1C(=O)NC[C@H]3[I-]OC/C=C\CNc1cnccc1-2. The number of aromatic amines is 1. The summed E-state index contributed by atoms with van der Waals surface area (Å²) in [5, 5.41) is 9.64. The van der Waals surface area contributed by atoms with E-state index in [1.165, 1.54) is 13.2 Å². The molecule has 0 fully saturated rings. The van der Waals surface area contributed by atoms with Crippen LogP contribution in [0.4, 0.5) is 21.5 Å². The van der Waals surface area contributed by atoms with Crippen molar-refractivity contribution in [3.8, 4) is 17.0 Å². The number of ether oxygens (including phenoxy) is 1. The van der Waals surface area contributed by atoms with Crippen LogP contribution in [0.2, 0.25) is 0 Å². The van der Waals surface area contributed by atoms with Gasteiger partial charge in [-0.15, -0.1) is 0 Å². The number of aromatic nitrogens is 2. The number of H-pyrrole nitrogens is 1. The minimum atomic E-state index is -0.693. The number of rotatable bonds is 3. The number of nitrogens with one attached hydrogen (secondary N) is 4. The average molecular weight is 562 g/mol. The second-order valence-electron chi connectivity index (χ2n) is 7.43. The summed E-state index contributed by atoms with van der Waals surface area (Å²) in [4.78, 5) is 20.8. The molecule has 0 saturated carbocycles. The fourth-order valence-corrected chi connectivity index (χ4v) is 5.91. The first kappa shape index (κ1) is 21.7. The van der Waals surface area contributed by atoms with Gasteiger partial charge >= 0.3 is 201 Å². The molecule has 0 aliphatic carbocycles. The molecule has 172 valence electrons. The van der Waals surface area contributed by atoms with E-state index in [-0.39, 0.29) is 15.6 Å². The van der Waals surface area contributed by atoms with E-state index in [9.17, 15) is 9.18 Å². The zero-order valence-electron chi connectivity index (χ0n) is 17.7. The number of halogens is 2. The molecule has 33 heavy (non-hydrogen) atoms. The first-order chi connectivity index (χ1) is 16.2. The molecule has 0 radical (unpaired) electrons. The number of benzene rings is 1. The fraction of sp³-hybridized carbons (Fsp3) is 0.217. The van der Waals surface area contributed by atoms with E-state index in [0.717, 1.165) is 16.9 Å². The molecule has 4 heterocycles. The number of alkyl halides is 1. The Morgan fingerprint density at radius 2 is 2.18 bits per heavy atom. The summed E-state index contributed by atoms with van der Waals surface area (Å²) in [6, 6.07) is 6.53. The van der Waals surface area contributed by atoms with Crippen LogP contribution in [0.25, 0.3) is 11.3 Å². The van der Waals surface area contributed by atoms with E-state index in [0.29, 0.717) is 42.3 Å². The molecule has 1 aromatic carbocycles. The number of para-hydroxylation sites is 1. The van der Waals surface area contributed by atoms with Gasteiger partial charge in [-0.3, -0.25) is 0 Å². The van der Waals surface area contributed by atoms with Gasteiger partial charge in [0.2, 0.25) is 0 Å². The van der Waals surface area contributed by atoms with E-state index in [1.54, 1.807) is 24.5 Å². The molecule has 0 saturated heterocycles. The van der Waals surface area contributed by atoms with Gasteiger partial charge in [0.25, 0.3) is 0 Å². The van der Waals surface area contributed by atoms with Gasteiger partial charge in [0, 0.05) is 0 Å². The summed E-state index contributed by atoms with van der Waals surface area (Å²) in [5.74, 6) is -0.606. The third-order valence-corrected chi connectivity index (χ3v) is 7.84. The Bertz CT molecular complexity index is 1230. The Morgan fingerprint density at radius 1 is 1.27 bits per heavy atom. The quantitative estimate of drug-likeness (QED) is 0.214. The molecule has 8 nitrogen and oxygen atoms in total. The monoisotopic (exact) mass is 562 g/mol. The van der Waals surface area contributed by atoms with Crippen molar-refractivity contribution in [1.82, 2.24) is 15.3 Å². The summed E-state index contributed by atoms with van der Waals surface area (Å²) >= 11 is -0.693. The number of pyridine rings is 1. The molecule has 5 rings (SSSR count). The summed E-state index contributed by atoms with van der Waals surface area (Å²) in [6.07, 6.45) is 7.46. The molecule has 0 unspecified atom stereocenters. The number of hydrogen-bond donors (Lipinski definition) is 4. The molecule has 0 spiro atoms. The molecule has 1 amide bonds. The Balaban J connectivity index is 1.72. The number of fused-ring (bicyclic) bond motifs is 3. The van der Waals surface area contributed by atoms with Crippen LogP contribution >= 0.6 is 0 Å². The normalized spacial score (nSPS) is 18.7. The second kappa shape index (κ2) is 9.40. The Morgan fingerprint density at radius 3 is 3.06 bits per heavy atom. The number of nitrogens with zero attached hydrogens (tertiary/aromatic N) is 1. The van der Waals surface area contributed by atoms with Crippen molar-refractivity contribution in [3.05, 3.63) is 65.9 Å². The Kier molecular flexibility index (Phi) is 6.18. The predicted octanol–water partition coefficient (Wildman–Crippen LogP) is 0.755. The fourth-order valence-electron chi connectivity index (χ4n) is 3.94. The molecule has 10 heteroatoms. The van der Waals surface area contributed by atoms with Crippen LogP contribution in [-0.2, 0) is 3.07 Å². The number of methoxy groups -OCH3 is 1. The van der Waals surface area contributed by atoms with Crippen molar-refractivity contribution in [2.75, 3.05) is 37.4 Å². The number of carbonyl (C=O) groups is 1. The van der Waals surface area contributed by atoms with E-state index in [1.807, 2.05) is 18.2 Å². The van der Waals surface area contributed by atoms with Gasteiger partial charge in [-0.1, -0.05) is 0 Å². The molecular weight excluding hydrogens is 540 g/mol. The van der Waals surface area contributed by atoms with Crippen molar-refractivity contribution >= 4 is 23.0 Å². The van der Waals surface area contributed by atoms with Crippen LogP contribution in [0.3, 0.4) is 0 Å². The Hall–Kier alpha value is -3.12. The number of amides is 1. The van der Waals surface area contributed by atoms with Crippen LogP contribution in [-0.4, -0.2) is 42.7 Å². The summed E-state index contributed by atoms with van der Waals surface area (Å²) in [6.45, 7) is 1.63. The molecule has 3 aromatic rings. The van der Waals surface area contributed by atoms with E-state index >= 15 is 0 Å². The number of hydrogen-bond acceptors (Lipinski definition) is 6. The maximum absolute atomic E-state index is 14.4. The summed E-state index contributed by atoms with van der Waals surface area (Å²) in [7, 11) is 1.42. The third-order valence-electron chi connectivity index (χ3n) is 5.44. The number of anilines is 3. The van der Waals surface area contributed by atoms with Gasteiger partial charge in [-0.25, -0.2) is 0 Å². The topological polar surface area (TPSA) is 100 Å². The maximum atomic E-state index is 14.4. The molecule has 2 bridgehead atoms. The standard InChI is InChI=1S/C23H22FIN5O3/c1-32-22-14(24)5-4-6-16(22)29-21-18-20-15(11-28-23(18)31)25-33-10-3-2-8-27-17-12-26-9-7-13(17)19(21)30-20/h2-7,9,12,15,27,29-30H,8,10-11H2,1H3,(H,28,31)/q-1/b3-2-/t15-/m1/s1. The van der Waals surface area contributed by atoms with Crippen molar-refractivity contribution in [2.24, 2.45) is 0 Å². The van der Waals surface area contributed by atoms with Crippen molar-refractivity contribution in [2.45, 2.75) is 3.92 Å². The first-order valence-corrected chi connectivity index (χ1v) is 12.5. The second-order valence-corrected chi connectivity index (χ2v) is 10.1. The predicted molar refractivity (Wildman–Crippen MR) is 119 cm³/mol. The third kappa shape index (κ3) is 4.15. The van der Waals surface area contributed by atoms with E-state index < -0.39 is 27.4 Å². The molecular formula is C23H22FIN5O3-. The molecule has 1 atom stereocenters. The zero-order valence-corrected chi connectivity index (χ0v) is 19.9. The van der Waals surface area contributed by atoms with Crippen molar-refractivity contribution in [3.63, 3.8) is 0 Å². The molecule has 2 aromatic heterocycles. The van der Waals surface area contributed by atoms with Gasteiger partial charge in [-0.2, -0.15) is 0 Å². The van der Waals surface area contributed by atoms with Gasteiger partial charge in [0.05, 0.1) is 0 Å². The summed E-state index contributed by atoms with van der Waals surface area (Å²) < 4.78 is 25.7. The molecule has 2 aliphatic rings. The van der Waals surface area contributed by atoms with Crippen molar-refractivity contribution in [1.29, 1.82) is 0 Å². The van der Waals surface area contributed by atoms with Crippen LogP contribution in [0.1, 0.15) is 20.0 Å². The minimum absolute atomic E-state index is 0.0487. The van der Waals surface area contributed by atoms with Crippen LogP contribution in [0.5, 0.6) is 5.75 Å². The van der Waals surface area contributed by atoms with Crippen molar-refractivity contribution < 1.29 is 38.6 Å². The van der Waals surface area contributed by atoms with Gasteiger partial charge in [0.1, 0.15) is 0 Å². The van der Waals surface area contributed by atoms with E-state index in [2.05, 4.69) is 25.9 Å². The van der Waals surface area contributed by atoms with Gasteiger partial charge in [-0.05, 0) is 0 Å². The van der Waals surface area contributed by atoms with Crippen LogP contribution in [0, 0.1) is 5.82 Å². The Labute approximate surface area is 200 Å². The zero-order chi connectivity index (χ0) is 22.8. The first-order valence-electron chi connectivity index (χ1n) is 10.4. The van der Waals surface area contributed by atoms with Gasteiger partial charge < -0.3 is 0 Å². The molecule has 4 N–H and O–H groups in total.